The van der Waals surface area contributed by atoms with E-state index in [2.05, 4.69) is 18.9 Å². The monoisotopic (exact) mass is 451 g/mol. The van der Waals surface area contributed by atoms with Gasteiger partial charge in [0.05, 0.1) is 12.3 Å². The SMILES string of the molecule is N#C[C@@]1(c2ccc3c(N)ncnn23)OC(COP(=O)(O)OP(=O)(O)O)[C@H](O)[C@H]1O. The minimum Gasteiger partial charge on any atom is -0.387 e. The maximum Gasteiger partial charge on any atom is 0.481 e. The molecule has 0 spiro atoms. The van der Waals surface area contributed by atoms with Crippen LogP contribution >= 0.6 is 15.6 Å². The third-order valence-corrected chi connectivity index (χ3v) is 6.25. The highest BCUT2D eigenvalue weighted by Crippen LogP contribution is 2.57. The number of ether oxygens (including phenoxy) is 1. The van der Waals surface area contributed by atoms with E-state index in [9.17, 15) is 29.5 Å². The van der Waals surface area contributed by atoms with E-state index in [1.807, 2.05) is 0 Å². The second kappa shape index (κ2) is 7.38. The molecule has 3 heterocycles. The Labute approximate surface area is 161 Å². The van der Waals surface area contributed by atoms with Crippen molar-refractivity contribution in [2.24, 2.45) is 0 Å². The summed E-state index contributed by atoms with van der Waals surface area (Å²) < 4.78 is 36.9. The van der Waals surface area contributed by atoms with Crippen LogP contribution in [-0.4, -0.2) is 64.4 Å². The van der Waals surface area contributed by atoms with Crippen molar-refractivity contribution in [1.82, 2.24) is 14.6 Å². The van der Waals surface area contributed by atoms with Crippen molar-refractivity contribution in [3.05, 3.63) is 24.2 Å². The number of aliphatic hydroxyl groups is 2. The highest BCUT2D eigenvalue weighted by molar-refractivity contribution is 7.60. The Bertz CT molecular complexity index is 1070. The van der Waals surface area contributed by atoms with Crippen molar-refractivity contribution in [2.45, 2.75) is 23.9 Å². The van der Waals surface area contributed by atoms with E-state index in [1.165, 1.54) is 16.6 Å². The molecule has 158 valence electrons. The highest BCUT2D eigenvalue weighted by Gasteiger charge is 2.58. The second-order valence-corrected chi connectivity index (χ2v) is 8.77. The molecule has 1 aliphatic rings. The van der Waals surface area contributed by atoms with Crippen LogP contribution in [-0.2, 0) is 28.3 Å². The quantitative estimate of drug-likeness (QED) is 0.270. The molecule has 2 aromatic rings. The van der Waals surface area contributed by atoms with Crippen molar-refractivity contribution in [1.29, 1.82) is 5.26 Å². The third kappa shape index (κ3) is 4.04. The summed E-state index contributed by atoms with van der Waals surface area (Å²) in [6.07, 6.45) is -4.09. The number of nitrogens with zero attached hydrogens (tertiary/aromatic N) is 4. The van der Waals surface area contributed by atoms with E-state index in [0.717, 1.165) is 6.33 Å². The van der Waals surface area contributed by atoms with Gasteiger partial charge in [0.2, 0.25) is 5.60 Å². The molecule has 2 aromatic heterocycles. The first-order valence-electron chi connectivity index (χ1n) is 7.68. The van der Waals surface area contributed by atoms with Gasteiger partial charge >= 0.3 is 15.6 Å². The molecule has 1 fully saturated rings. The molecule has 29 heavy (non-hydrogen) atoms. The second-order valence-electron chi connectivity index (χ2n) is 5.94. The number of hydrogen-bond donors (Lipinski definition) is 6. The van der Waals surface area contributed by atoms with E-state index in [4.69, 9.17) is 20.3 Å². The predicted octanol–water partition coefficient (Wildman–Crippen LogP) is -1.62. The van der Waals surface area contributed by atoms with Gasteiger partial charge in [0.1, 0.15) is 36.2 Å². The van der Waals surface area contributed by atoms with Gasteiger partial charge < -0.3 is 35.4 Å². The summed E-state index contributed by atoms with van der Waals surface area (Å²) in [4.78, 5) is 30.3. The normalized spacial score (nSPS) is 29.6. The smallest absolute Gasteiger partial charge is 0.387 e. The predicted molar refractivity (Wildman–Crippen MR) is 90.5 cm³/mol. The van der Waals surface area contributed by atoms with Gasteiger partial charge in [-0.1, -0.05) is 0 Å². The molecule has 0 bridgehead atoms. The fourth-order valence-electron chi connectivity index (χ4n) is 2.88. The topological polar surface area (TPSA) is 243 Å². The molecule has 0 amide bonds. The number of nitrogen functional groups attached to an aromatic ring is 1. The number of phosphoric acid groups is 2. The Hall–Kier alpha value is -1.95. The number of anilines is 1. The van der Waals surface area contributed by atoms with Crippen molar-refractivity contribution in [3.8, 4) is 6.07 Å². The van der Waals surface area contributed by atoms with Gasteiger partial charge in [-0.2, -0.15) is 14.7 Å². The van der Waals surface area contributed by atoms with Crippen LogP contribution in [0.3, 0.4) is 0 Å². The number of nitriles is 1. The molecule has 1 aliphatic heterocycles. The Morgan fingerprint density at radius 2 is 2.03 bits per heavy atom. The van der Waals surface area contributed by atoms with Crippen LogP contribution in [0.1, 0.15) is 5.69 Å². The molecular weight excluding hydrogens is 436 g/mol. The van der Waals surface area contributed by atoms with Crippen molar-refractivity contribution in [2.75, 3.05) is 12.3 Å². The summed E-state index contributed by atoms with van der Waals surface area (Å²) in [5.41, 5.74) is 3.82. The Kier molecular flexibility index (Phi) is 5.54. The van der Waals surface area contributed by atoms with E-state index < -0.39 is 46.2 Å². The molecule has 5 atom stereocenters. The Morgan fingerprint density at radius 1 is 1.34 bits per heavy atom. The molecule has 17 heteroatoms. The van der Waals surface area contributed by atoms with E-state index in [-0.39, 0.29) is 17.0 Å². The third-order valence-electron chi connectivity index (χ3n) is 4.10. The summed E-state index contributed by atoms with van der Waals surface area (Å²) in [6.45, 7) is -0.949. The van der Waals surface area contributed by atoms with E-state index >= 15 is 0 Å². The standard InChI is InChI=1S/C12H15N5O10P2/c13-4-12(8-2-1-6-11(14)15-5-16-17(6)8)10(19)9(18)7(26-12)3-25-29(23,24)27-28(20,21)22/h1-2,5,7,9-10,18-19H,3H2,(H,23,24)(H2,14,15,16)(H2,20,21,22)/t7?,9-,10+,12-/m0/s1. The molecule has 1 saturated heterocycles. The molecule has 7 N–H and O–H groups in total. The maximum atomic E-state index is 11.6. The average molecular weight is 451 g/mol. The number of phosphoric ester groups is 1. The summed E-state index contributed by atoms with van der Waals surface area (Å²) in [5.74, 6) is 0.0723. The first-order chi connectivity index (χ1) is 13.4. The molecule has 0 saturated carbocycles. The number of nitrogens with two attached hydrogens (primary N) is 1. The van der Waals surface area contributed by atoms with Crippen LogP contribution in [0.4, 0.5) is 5.82 Å². The van der Waals surface area contributed by atoms with Gasteiger partial charge in [0.15, 0.2) is 5.82 Å². The number of aliphatic hydroxyl groups excluding tert-OH is 2. The fraction of sp³-hybridized carbons (Fsp3) is 0.417. The zero-order valence-electron chi connectivity index (χ0n) is 14.2. The lowest BCUT2D eigenvalue weighted by Crippen LogP contribution is -2.41. The fourth-order valence-corrected chi connectivity index (χ4v) is 4.48. The summed E-state index contributed by atoms with van der Waals surface area (Å²) in [5, 5.41) is 34.3. The number of aromatic nitrogens is 3. The van der Waals surface area contributed by atoms with Gasteiger partial charge in [-0.3, -0.25) is 4.52 Å². The minimum absolute atomic E-state index is 0.0169. The minimum atomic E-state index is -5.35. The highest BCUT2D eigenvalue weighted by atomic mass is 31.3. The van der Waals surface area contributed by atoms with Crippen LogP contribution in [0.25, 0.3) is 5.52 Å². The Morgan fingerprint density at radius 3 is 2.66 bits per heavy atom. The molecule has 0 radical (unpaired) electrons. The number of hydrogen-bond acceptors (Lipinski definition) is 11. The van der Waals surface area contributed by atoms with Gasteiger partial charge in [0, 0.05) is 0 Å². The zero-order valence-corrected chi connectivity index (χ0v) is 16.0. The molecule has 0 aliphatic carbocycles. The van der Waals surface area contributed by atoms with Crippen LogP contribution in [0, 0.1) is 11.3 Å². The first kappa shape index (κ1) is 21.8. The van der Waals surface area contributed by atoms with E-state index in [1.54, 1.807) is 6.07 Å². The van der Waals surface area contributed by atoms with Crippen LogP contribution in [0.5, 0.6) is 0 Å². The molecule has 2 unspecified atom stereocenters. The van der Waals surface area contributed by atoms with Gasteiger partial charge in [0.25, 0.3) is 0 Å². The molecule has 0 aromatic carbocycles. The zero-order chi connectivity index (χ0) is 21.6. The molecule has 3 rings (SSSR count). The lowest BCUT2D eigenvalue weighted by atomic mass is 9.92. The Balaban J connectivity index is 1.89. The largest absolute Gasteiger partial charge is 0.481 e. The lowest BCUT2D eigenvalue weighted by Gasteiger charge is -2.24. The number of fused-ring (bicyclic) bond motifs is 1. The molecular formula is C12H15N5O10P2. The first-order valence-corrected chi connectivity index (χ1v) is 10.7. The van der Waals surface area contributed by atoms with Gasteiger partial charge in [-0.25, -0.2) is 18.6 Å². The maximum absolute atomic E-state index is 11.6. The summed E-state index contributed by atoms with van der Waals surface area (Å²) in [6, 6.07) is 4.55. The van der Waals surface area contributed by atoms with Crippen LogP contribution in [0.2, 0.25) is 0 Å². The van der Waals surface area contributed by atoms with Crippen molar-refractivity contribution >= 4 is 27.0 Å². The molecule has 15 nitrogen and oxygen atoms in total. The number of rotatable bonds is 6. The lowest BCUT2D eigenvalue weighted by molar-refractivity contribution is -0.0634. The van der Waals surface area contributed by atoms with E-state index in [0.29, 0.717) is 0 Å². The van der Waals surface area contributed by atoms with Gasteiger partial charge in [-0.15, -0.1) is 0 Å². The average Bonchev–Trinajstić information content (AvgIpc) is 3.14. The van der Waals surface area contributed by atoms with Crippen LogP contribution in [0.15, 0.2) is 18.5 Å². The van der Waals surface area contributed by atoms with Crippen LogP contribution < -0.4 is 5.73 Å². The van der Waals surface area contributed by atoms with Crippen molar-refractivity contribution in [3.63, 3.8) is 0 Å². The van der Waals surface area contributed by atoms with Crippen molar-refractivity contribution < 1.29 is 47.6 Å². The summed E-state index contributed by atoms with van der Waals surface area (Å²) >= 11 is 0. The van der Waals surface area contributed by atoms with Gasteiger partial charge in [-0.05, 0) is 12.1 Å². The summed E-state index contributed by atoms with van der Waals surface area (Å²) in [7, 11) is -10.6.